The van der Waals surface area contributed by atoms with E-state index in [1.54, 1.807) is 25.3 Å². The predicted molar refractivity (Wildman–Crippen MR) is 157 cm³/mol. The highest BCUT2D eigenvalue weighted by Crippen LogP contribution is 2.38. The number of amidine groups is 1. The van der Waals surface area contributed by atoms with Gasteiger partial charge in [-0.2, -0.15) is 0 Å². The molecule has 10 nitrogen and oxygen atoms in total. The lowest BCUT2D eigenvalue weighted by Gasteiger charge is -2.38. The number of nitrogens with zero attached hydrogens (tertiary/aromatic N) is 3. The Labute approximate surface area is 234 Å². The number of benzene rings is 2. The smallest absolute Gasteiger partial charge is 0.337 e. The summed E-state index contributed by atoms with van der Waals surface area (Å²) in [5.74, 6) is -0.485. The monoisotopic (exact) mass is 543 g/mol. The number of aromatic amines is 1. The Balaban J connectivity index is 1.26. The summed E-state index contributed by atoms with van der Waals surface area (Å²) in [4.78, 5) is 25.3. The lowest BCUT2D eigenvalue weighted by molar-refractivity contribution is 0.0601. The largest absolute Gasteiger partial charge is 0.496 e. The van der Waals surface area contributed by atoms with E-state index in [0.29, 0.717) is 28.9 Å². The van der Waals surface area contributed by atoms with Crippen molar-refractivity contribution in [2.75, 3.05) is 55.9 Å². The Morgan fingerprint density at radius 3 is 2.62 bits per heavy atom. The molecule has 4 heterocycles. The molecule has 2 aromatic carbocycles. The number of piperidine rings is 1. The molecule has 210 valence electrons. The van der Waals surface area contributed by atoms with E-state index in [-0.39, 0.29) is 0 Å². The van der Waals surface area contributed by atoms with E-state index >= 15 is 0 Å². The SMILES string of the molecule is COC(=O)c1cccc(NC2=NC(N)(c3ccc(N4CCC(N5CCCC5)CC4)cc3OC)Nc3cc[nH]c32)c1. The molecule has 1 atom stereocenters. The minimum Gasteiger partial charge on any atom is -0.496 e. The van der Waals surface area contributed by atoms with Gasteiger partial charge in [-0.25, -0.2) is 9.79 Å². The highest BCUT2D eigenvalue weighted by Gasteiger charge is 2.37. The number of methoxy groups -OCH3 is 2. The third-order valence-corrected chi connectivity index (χ3v) is 8.23. The van der Waals surface area contributed by atoms with Crippen molar-refractivity contribution in [1.82, 2.24) is 9.88 Å². The summed E-state index contributed by atoms with van der Waals surface area (Å²) in [6, 6.07) is 15.9. The molecule has 0 spiro atoms. The van der Waals surface area contributed by atoms with E-state index in [1.165, 1.54) is 45.9 Å². The number of anilines is 3. The fraction of sp³-hybridized carbons (Fsp3) is 0.400. The molecule has 0 aliphatic carbocycles. The molecule has 0 bridgehead atoms. The number of carbonyl (C=O) groups excluding carboxylic acids is 1. The Kier molecular flexibility index (Phi) is 7.12. The van der Waals surface area contributed by atoms with Crippen molar-refractivity contribution in [3.05, 3.63) is 71.5 Å². The number of aliphatic imine (C=N–C) groups is 1. The molecule has 3 aliphatic heterocycles. The van der Waals surface area contributed by atoms with Crippen molar-refractivity contribution in [3.63, 3.8) is 0 Å². The molecule has 6 rings (SSSR count). The van der Waals surface area contributed by atoms with Crippen LogP contribution in [0.4, 0.5) is 17.1 Å². The molecule has 0 radical (unpaired) electrons. The molecule has 10 heteroatoms. The van der Waals surface area contributed by atoms with Gasteiger partial charge in [0.25, 0.3) is 0 Å². The zero-order valence-electron chi connectivity index (χ0n) is 23.1. The van der Waals surface area contributed by atoms with Crippen LogP contribution in [0.25, 0.3) is 0 Å². The fourth-order valence-electron chi connectivity index (χ4n) is 6.12. The number of nitrogens with two attached hydrogens (primary N) is 1. The maximum absolute atomic E-state index is 12.1. The van der Waals surface area contributed by atoms with Crippen LogP contribution in [0, 0.1) is 0 Å². The molecular formula is C30H37N7O3. The van der Waals surface area contributed by atoms with Crippen molar-refractivity contribution in [1.29, 1.82) is 0 Å². The number of carbonyl (C=O) groups is 1. The second-order valence-corrected chi connectivity index (χ2v) is 10.7. The van der Waals surface area contributed by atoms with Crippen molar-refractivity contribution in [2.24, 2.45) is 10.7 Å². The van der Waals surface area contributed by atoms with Crippen LogP contribution >= 0.6 is 0 Å². The zero-order chi connectivity index (χ0) is 27.7. The van der Waals surface area contributed by atoms with Gasteiger partial charge in [0.1, 0.15) is 11.4 Å². The van der Waals surface area contributed by atoms with Gasteiger partial charge in [0.05, 0.1) is 31.0 Å². The highest BCUT2D eigenvalue weighted by molar-refractivity contribution is 6.12. The number of H-pyrrole nitrogens is 1. The molecule has 0 saturated carbocycles. The Hall–Kier alpha value is -4.02. The number of fused-ring (bicyclic) bond motifs is 1. The van der Waals surface area contributed by atoms with Crippen LogP contribution in [0.3, 0.4) is 0 Å². The summed E-state index contributed by atoms with van der Waals surface area (Å²) in [7, 11) is 3.03. The lowest BCUT2D eigenvalue weighted by atomic mass is 10.0. The minimum atomic E-state index is -1.29. The quantitative estimate of drug-likeness (QED) is 0.345. The summed E-state index contributed by atoms with van der Waals surface area (Å²) >= 11 is 0. The topological polar surface area (TPSA) is 120 Å². The zero-order valence-corrected chi connectivity index (χ0v) is 23.1. The van der Waals surface area contributed by atoms with Crippen molar-refractivity contribution in [3.8, 4) is 5.75 Å². The van der Waals surface area contributed by atoms with Crippen molar-refractivity contribution < 1.29 is 14.3 Å². The van der Waals surface area contributed by atoms with E-state index in [0.717, 1.165) is 35.7 Å². The van der Waals surface area contributed by atoms with Gasteiger partial charge in [-0.05, 0) is 75.2 Å². The van der Waals surface area contributed by atoms with Gasteiger partial charge in [-0.3, -0.25) is 5.73 Å². The maximum atomic E-state index is 12.1. The summed E-state index contributed by atoms with van der Waals surface area (Å²) in [6.45, 7) is 4.55. The first-order valence-electron chi connectivity index (χ1n) is 13.9. The number of esters is 1. The standard InChI is InChI=1S/C30H37N7O3/c1-39-26-19-23(37-16-11-22(12-17-37)36-14-3-4-15-36)8-9-24(26)30(31)34-25-10-13-32-27(25)28(35-30)33-21-7-5-6-20(18-21)29(38)40-2/h5-10,13,18-19,22,32,34H,3-4,11-12,14-17,31H2,1-2H3,(H,33,35). The first-order chi connectivity index (χ1) is 19.5. The van der Waals surface area contributed by atoms with Gasteiger partial charge >= 0.3 is 5.97 Å². The number of rotatable bonds is 6. The molecule has 1 unspecified atom stereocenters. The average molecular weight is 544 g/mol. The molecular weight excluding hydrogens is 506 g/mol. The first kappa shape index (κ1) is 26.2. The van der Waals surface area contributed by atoms with Crippen LogP contribution in [0.1, 0.15) is 47.3 Å². The fourth-order valence-corrected chi connectivity index (χ4v) is 6.12. The number of ether oxygens (including phenoxy) is 2. The number of likely N-dealkylation sites (tertiary alicyclic amines) is 1. The minimum absolute atomic E-state index is 0.408. The van der Waals surface area contributed by atoms with Gasteiger partial charge in [-0.15, -0.1) is 0 Å². The van der Waals surface area contributed by atoms with Crippen LogP contribution in [0.15, 0.2) is 59.7 Å². The van der Waals surface area contributed by atoms with Crippen molar-refractivity contribution in [2.45, 2.75) is 37.5 Å². The predicted octanol–water partition coefficient (Wildman–Crippen LogP) is 3.93. The molecule has 40 heavy (non-hydrogen) atoms. The van der Waals surface area contributed by atoms with E-state index in [2.05, 4.69) is 37.6 Å². The van der Waals surface area contributed by atoms with Gasteiger partial charge in [0.2, 0.25) is 5.79 Å². The summed E-state index contributed by atoms with van der Waals surface area (Å²) < 4.78 is 10.7. The highest BCUT2D eigenvalue weighted by atomic mass is 16.5. The van der Waals surface area contributed by atoms with Gasteiger partial charge < -0.3 is 34.9 Å². The molecule has 2 fully saturated rings. The molecule has 1 aromatic heterocycles. The van der Waals surface area contributed by atoms with Gasteiger partial charge in [0.15, 0.2) is 5.84 Å². The normalized spacial score (nSPS) is 21.4. The van der Waals surface area contributed by atoms with Gasteiger partial charge in [0, 0.05) is 42.8 Å². The van der Waals surface area contributed by atoms with Crippen LogP contribution < -0.4 is 26.0 Å². The van der Waals surface area contributed by atoms with Crippen LogP contribution in [-0.4, -0.2) is 68.1 Å². The second-order valence-electron chi connectivity index (χ2n) is 10.7. The molecule has 0 amide bonds. The van der Waals surface area contributed by atoms with Crippen LogP contribution in [-0.2, 0) is 10.5 Å². The number of aromatic nitrogens is 1. The Bertz CT molecular complexity index is 1410. The lowest BCUT2D eigenvalue weighted by Crippen LogP contribution is -2.47. The third kappa shape index (κ3) is 5.00. The Morgan fingerprint density at radius 1 is 1.07 bits per heavy atom. The first-order valence-corrected chi connectivity index (χ1v) is 13.9. The maximum Gasteiger partial charge on any atom is 0.337 e. The number of nitrogens with one attached hydrogen (secondary N) is 3. The van der Waals surface area contributed by atoms with E-state index in [4.69, 9.17) is 20.2 Å². The number of hydrogen-bond acceptors (Lipinski definition) is 9. The van der Waals surface area contributed by atoms with Crippen LogP contribution in [0.5, 0.6) is 5.75 Å². The second kappa shape index (κ2) is 10.9. The molecule has 5 N–H and O–H groups in total. The van der Waals surface area contributed by atoms with E-state index in [9.17, 15) is 4.79 Å². The number of hydrogen-bond donors (Lipinski definition) is 4. The molecule has 2 saturated heterocycles. The van der Waals surface area contributed by atoms with Gasteiger partial charge in [-0.1, -0.05) is 6.07 Å². The molecule has 3 aromatic rings. The Morgan fingerprint density at radius 2 is 1.88 bits per heavy atom. The van der Waals surface area contributed by atoms with E-state index < -0.39 is 11.8 Å². The summed E-state index contributed by atoms with van der Waals surface area (Å²) in [5.41, 5.74) is 11.5. The van der Waals surface area contributed by atoms with Crippen LogP contribution in [0.2, 0.25) is 0 Å². The molecule has 3 aliphatic rings. The summed E-state index contributed by atoms with van der Waals surface area (Å²) in [5, 5.41) is 6.71. The van der Waals surface area contributed by atoms with E-state index in [1.807, 2.05) is 24.4 Å². The summed E-state index contributed by atoms with van der Waals surface area (Å²) in [6.07, 6.45) is 6.85. The third-order valence-electron chi connectivity index (χ3n) is 8.23. The average Bonchev–Trinajstić information content (AvgIpc) is 3.69. The van der Waals surface area contributed by atoms with Crippen molar-refractivity contribution >= 4 is 28.9 Å².